The van der Waals surface area contributed by atoms with E-state index in [1.807, 2.05) is 0 Å². The summed E-state index contributed by atoms with van der Waals surface area (Å²) in [6.07, 6.45) is 7.17. The Hall–Kier alpha value is -3.33. The zero-order valence-corrected chi connectivity index (χ0v) is 16.3. The van der Waals surface area contributed by atoms with Crippen molar-refractivity contribution < 1.29 is 39.0 Å². The van der Waals surface area contributed by atoms with Crippen LogP contribution in [0.25, 0.3) is 0 Å². The molecule has 2 atom stereocenters. The molecule has 2 N–H and O–H groups in total. The molecule has 2 aliphatic heterocycles. The smallest absolute Gasteiger partial charge is 0.472 e. The van der Waals surface area contributed by atoms with Crippen LogP contribution >= 0.6 is 0 Å². The van der Waals surface area contributed by atoms with Crippen molar-refractivity contribution in [1.29, 1.82) is 0 Å². The van der Waals surface area contributed by atoms with Crippen LogP contribution in [0.5, 0.6) is 11.5 Å². The standard InChI is InChI=1S/C20H20NO4.H2NO3/c1-21-9-15-12(4-5-16(22-2)20(15)23-3)14-6-11-7-17-18(25-10-24-17)8-13(11)19(14)21;2-1(3)4/h4-5,7-9,16,19H,6,10H2,1-3H3;(H2,2,3,4)/q2*+1. The van der Waals surface area contributed by atoms with Crippen molar-refractivity contribution >= 4 is 6.21 Å². The van der Waals surface area contributed by atoms with Gasteiger partial charge in [0, 0.05) is 24.7 Å². The predicted molar refractivity (Wildman–Crippen MR) is 99.5 cm³/mol. The van der Waals surface area contributed by atoms with E-state index in [4.69, 9.17) is 34.3 Å². The van der Waals surface area contributed by atoms with Crippen LogP contribution in [0.2, 0.25) is 0 Å². The first-order chi connectivity index (χ1) is 13.9. The lowest BCUT2D eigenvalue weighted by Crippen LogP contribution is -2.27. The molecule has 0 saturated heterocycles. The zero-order chi connectivity index (χ0) is 20.7. The van der Waals surface area contributed by atoms with Crippen molar-refractivity contribution in [2.75, 3.05) is 28.1 Å². The fraction of sp³-hybridized carbons (Fsp3) is 0.350. The maximum atomic E-state index is 8.47. The molecule has 0 amide bonds. The molecule has 0 saturated carbocycles. The van der Waals surface area contributed by atoms with Crippen LogP contribution < -0.4 is 9.47 Å². The van der Waals surface area contributed by atoms with Crippen molar-refractivity contribution in [3.05, 3.63) is 62.8 Å². The van der Waals surface area contributed by atoms with Gasteiger partial charge in [0.15, 0.2) is 17.7 Å². The topological polar surface area (TPSA) is 100 Å². The van der Waals surface area contributed by atoms with E-state index in [0.29, 0.717) is 6.79 Å². The number of hydrogen-bond acceptors (Lipinski definition) is 5. The van der Waals surface area contributed by atoms with Crippen LogP contribution in [0.1, 0.15) is 17.2 Å². The molecule has 2 aliphatic carbocycles. The number of benzene rings is 1. The van der Waals surface area contributed by atoms with Crippen LogP contribution in [0.15, 0.2) is 46.8 Å². The number of rotatable bonds is 2. The Morgan fingerprint density at radius 2 is 1.86 bits per heavy atom. The van der Waals surface area contributed by atoms with E-state index in [0.717, 1.165) is 29.3 Å². The van der Waals surface area contributed by atoms with E-state index in [-0.39, 0.29) is 12.1 Å². The Morgan fingerprint density at radius 3 is 2.52 bits per heavy atom. The SMILES string of the molecule is COC1=C2C=[N+](C)C3C(=C2C=CC1OC)Cc1cc2c(cc13)OCO2.O=[N+](O)O. The van der Waals surface area contributed by atoms with E-state index in [1.54, 1.807) is 14.2 Å². The molecule has 5 rings (SSSR count). The molecule has 1 aromatic carbocycles. The second-order valence-electron chi connectivity index (χ2n) is 6.97. The highest BCUT2D eigenvalue weighted by molar-refractivity contribution is 5.87. The maximum Gasteiger partial charge on any atom is 0.472 e. The lowest BCUT2D eigenvalue weighted by atomic mass is 9.87. The van der Waals surface area contributed by atoms with E-state index >= 15 is 0 Å². The van der Waals surface area contributed by atoms with Gasteiger partial charge in [0.1, 0.15) is 23.8 Å². The number of fused-ring (bicyclic) bond motifs is 5. The van der Waals surface area contributed by atoms with E-state index < -0.39 is 5.09 Å². The Morgan fingerprint density at radius 1 is 1.17 bits per heavy atom. The monoisotopic (exact) mass is 402 g/mol. The molecule has 0 spiro atoms. The first-order valence-corrected chi connectivity index (χ1v) is 9.01. The van der Waals surface area contributed by atoms with Gasteiger partial charge >= 0.3 is 5.09 Å². The number of methoxy groups -OCH3 is 2. The number of hydrogen-bond donors (Lipinski definition) is 2. The van der Waals surface area contributed by atoms with Crippen LogP contribution in [-0.4, -0.2) is 60.5 Å². The van der Waals surface area contributed by atoms with Crippen molar-refractivity contribution in [1.82, 2.24) is 0 Å². The maximum absolute atomic E-state index is 8.47. The fourth-order valence-corrected chi connectivity index (χ4v) is 4.35. The number of likely N-dealkylation sites (N-methyl/N-ethyl adjacent to an activating group) is 1. The third-order valence-corrected chi connectivity index (χ3v) is 5.45. The molecule has 9 nitrogen and oxygen atoms in total. The highest BCUT2D eigenvalue weighted by Crippen LogP contribution is 2.48. The van der Waals surface area contributed by atoms with E-state index in [9.17, 15) is 0 Å². The molecule has 2 heterocycles. The molecule has 29 heavy (non-hydrogen) atoms. The molecule has 0 aromatic heterocycles. The largest absolute Gasteiger partial charge is 0.497 e. The summed E-state index contributed by atoms with van der Waals surface area (Å²) in [7, 11) is 5.52. The molecule has 2 unspecified atom stereocenters. The van der Waals surface area contributed by atoms with Gasteiger partial charge in [-0.15, -0.1) is 0 Å². The molecule has 0 fully saturated rings. The minimum absolute atomic E-state index is 0.139. The van der Waals surface area contributed by atoms with Crippen molar-refractivity contribution in [2.45, 2.75) is 18.6 Å². The Labute approximate surface area is 166 Å². The average molecular weight is 402 g/mol. The second-order valence-corrected chi connectivity index (χ2v) is 6.97. The highest BCUT2D eigenvalue weighted by Gasteiger charge is 2.42. The molecule has 152 valence electrons. The Balaban J connectivity index is 0.000000472. The summed E-state index contributed by atoms with van der Waals surface area (Å²) in [6, 6.07) is 4.49. The van der Waals surface area contributed by atoms with Gasteiger partial charge in [-0.2, -0.15) is 0 Å². The molecule has 0 radical (unpaired) electrons. The van der Waals surface area contributed by atoms with Crippen LogP contribution in [-0.2, 0) is 15.9 Å². The number of nitrogens with zero attached hydrogens (tertiary/aromatic N) is 2. The van der Waals surface area contributed by atoms with Gasteiger partial charge in [-0.05, 0) is 29.3 Å². The third kappa shape index (κ3) is 3.13. The quantitative estimate of drug-likeness (QED) is 0.577. The zero-order valence-electron chi connectivity index (χ0n) is 16.3. The highest BCUT2D eigenvalue weighted by atomic mass is 16.9. The van der Waals surface area contributed by atoms with Gasteiger partial charge in [-0.3, -0.25) is 0 Å². The van der Waals surface area contributed by atoms with Crippen LogP contribution in [0, 0.1) is 4.91 Å². The van der Waals surface area contributed by atoms with E-state index in [2.05, 4.69) is 42.1 Å². The fourth-order valence-electron chi connectivity index (χ4n) is 4.35. The molecular formula is C20H22N2O7+2. The molecule has 0 bridgehead atoms. The van der Waals surface area contributed by atoms with Crippen molar-refractivity contribution in [3.8, 4) is 11.5 Å². The number of allylic oxidation sites excluding steroid dienone is 3. The summed E-state index contributed by atoms with van der Waals surface area (Å²) < 4.78 is 24.6. The molecular weight excluding hydrogens is 380 g/mol. The predicted octanol–water partition coefficient (Wildman–Crippen LogP) is 2.06. The van der Waals surface area contributed by atoms with Crippen molar-refractivity contribution in [3.63, 3.8) is 0 Å². The number of ether oxygens (including phenoxy) is 4. The normalized spacial score (nSPS) is 22.9. The van der Waals surface area contributed by atoms with Crippen molar-refractivity contribution in [2.24, 2.45) is 0 Å². The van der Waals surface area contributed by atoms with Gasteiger partial charge in [0.2, 0.25) is 12.8 Å². The first-order valence-electron chi connectivity index (χ1n) is 9.01. The average Bonchev–Trinajstić information content (AvgIpc) is 3.28. The summed E-state index contributed by atoms with van der Waals surface area (Å²) in [6.45, 7) is 0.310. The molecule has 9 heteroatoms. The summed E-state index contributed by atoms with van der Waals surface area (Å²) >= 11 is 0. The lowest BCUT2D eigenvalue weighted by Gasteiger charge is -2.26. The Bertz CT molecular complexity index is 1000. The van der Waals surface area contributed by atoms with Gasteiger partial charge in [0.25, 0.3) is 0 Å². The second kappa shape index (κ2) is 7.25. The minimum atomic E-state index is -1.25. The van der Waals surface area contributed by atoms with Gasteiger partial charge in [0.05, 0.1) is 12.7 Å². The summed E-state index contributed by atoms with van der Waals surface area (Å²) in [5.74, 6) is 2.56. The van der Waals surface area contributed by atoms with Crippen LogP contribution in [0.3, 0.4) is 0 Å². The third-order valence-electron chi connectivity index (χ3n) is 5.45. The molecule has 4 aliphatic rings. The van der Waals surface area contributed by atoms with Gasteiger partial charge in [-0.1, -0.05) is 6.08 Å². The summed E-state index contributed by atoms with van der Waals surface area (Å²) in [4.78, 5) is 8.47. The first kappa shape index (κ1) is 19.0. The van der Waals surface area contributed by atoms with E-state index in [1.165, 1.54) is 22.3 Å². The Kier molecular flexibility index (Phi) is 4.75. The summed E-state index contributed by atoms with van der Waals surface area (Å²) in [5.41, 5.74) is 6.34. The molecule has 1 aromatic rings. The summed E-state index contributed by atoms with van der Waals surface area (Å²) in [5, 5.41) is 12.5. The van der Waals surface area contributed by atoms with Gasteiger partial charge < -0.3 is 18.9 Å². The lowest BCUT2D eigenvalue weighted by molar-refractivity contribution is -0.969. The van der Waals surface area contributed by atoms with Crippen LogP contribution in [0.4, 0.5) is 0 Å². The van der Waals surface area contributed by atoms with Gasteiger partial charge in [-0.25, -0.2) is 15.0 Å². The minimum Gasteiger partial charge on any atom is -0.497 e.